The third-order valence-corrected chi connectivity index (χ3v) is 3.65. The zero-order valence-corrected chi connectivity index (χ0v) is 11.3. The average Bonchev–Trinajstić information content (AvgIpc) is 3.02. The van der Waals surface area contributed by atoms with Crippen molar-refractivity contribution in [3.8, 4) is 5.75 Å². The van der Waals surface area contributed by atoms with Gasteiger partial charge in [-0.2, -0.15) is 0 Å². The number of aromatic hydroxyl groups is 1. The van der Waals surface area contributed by atoms with Crippen LogP contribution in [0.25, 0.3) is 0 Å². The van der Waals surface area contributed by atoms with Crippen LogP contribution < -0.4 is 5.32 Å². The molecule has 1 aromatic carbocycles. The number of hydrogen-bond acceptors (Lipinski definition) is 4. The molecule has 2 heterocycles. The Labute approximate surface area is 116 Å². The van der Waals surface area contributed by atoms with Crippen LogP contribution in [0.5, 0.6) is 5.75 Å². The molecular weight excluding hydrogens is 259 g/mol. The van der Waals surface area contributed by atoms with E-state index in [-0.39, 0.29) is 11.8 Å². The number of phenolic OH excluding ortho intramolecular Hbond substituents is 1. The molecule has 5 nitrogen and oxygen atoms in total. The minimum Gasteiger partial charge on any atom is -0.505 e. The molecular formula is C14H17FN4O. The molecule has 0 radical (unpaired) electrons. The van der Waals surface area contributed by atoms with E-state index in [1.165, 1.54) is 12.1 Å². The van der Waals surface area contributed by atoms with Gasteiger partial charge in [0.25, 0.3) is 0 Å². The fourth-order valence-corrected chi connectivity index (χ4v) is 2.52. The third kappa shape index (κ3) is 2.38. The van der Waals surface area contributed by atoms with Gasteiger partial charge in [0, 0.05) is 19.5 Å². The van der Waals surface area contributed by atoms with Crippen molar-refractivity contribution in [3.05, 3.63) is 41.2 Å². The Kier molecular flexibility index (Phi) is 3.40. The molecule has 1 aliphatic heterocycles. The molecule has 0 spiro atoms. The first-order valence-corrected chi connectivity index (χ1v) is 6.78. The number of phenols is 1. The van der Waals surface area contributed by atoms with Gasteiger partial charge < -0.3 is 15.0 Å². The Morgan fingerprint density at radius 1 is 1.45 bits per heavy atom. The van der Waals surface area contributed by atoms with Crippen LogP contribution in [-0.4, -0.2) is 19.9 Å². The highest BCUT2D eigenvalue weighted by atomic mass is 19.1. The zero-order chi connectivity index (χ0) is 14.1. The summed E-state index contributed by atoms with van der Waals surface area (Å²) < 4.78 is 15.4. The van der Waals surface area contributed by atoms with Crippen LogP contribution >= 0.6 is 0 Å². The first-order valence-electron chi connectivity index (χ1n) is 6.78. The van der Waals surface area contributed by atoms with Crippen molar-refractivity contribution in [2.75, 3.05) is 0 Å². The van der Waals surface area contributed by atoms with Crippen molar-refractivity contribution < 1.29 is 9.50 Å². The number of hydrogen-bond donors (Lipinski definition) is 2. The minimum absolute atomic E-state index is 0.0474. The number of fused-ring (bicyclic) bond motifs is 1. The largest absolute Gasteiger partial charge is 0.505 e. The lowest BCUT2D eigenvalue weighted by molar-refractivity contribution is 0.431. The van der Waals surface area contributed by atoms with E-state index in [1.54, 1.807) is 6.07 Å². The van der Waals surface area contributed by atoms with Crippen molar-refractivity contribution >= 4 is 0 Å². The Morgan fingerprint density at radius 3 is 3.10 bits per heavy atom. The normalized spacial score (nSPS) is 15.3. The van der Waals surface area contributed by atoms with Crippen LogP contribution in [0.3, 0.4) is 0 Å². The molecule has 1 unspecified atom stereocenters. The highest BCUT2D eigenvalue weighted by molar-refractivity contribution is 5.28. The van der Waals surface area contributed by atoms with Gasteiger partial charge in [0.1, 0.15) is 11.6 Å². The van der Waals surface area contributed by atoms with Crippen LogP contribution in [0.4, 0.5) is 4.39 Å². The van der Waals surface area contributed by atoms with Crippen LogP contribution in [-0.2, 0) is 19.5 Å². The predicted molar refractivity (Wildman–Crippen MR) is 71.7 cm³/mol. The van der Waals surface area contributed by atoms with E-state index in [0.29, 0.717) is 6.54 Å². The smallest absolute Gasteiger partial charge is 0.165 e. The molecule has 2 N–H and O–H groups in total. The predicted octanol–water partition coefficient (Wildman–Crippen LogP) is 1.92. The first-order chi connectivity index (χ1) is 9.65. The van der Waals surface area contributed by atoms with E-state index in [9.17, 15) is 4.39 Å². The first kappa shape index (κ1) is 13.1. The molecule has 1 aromatic heterocycles. The highest BCUT2D eigenvalue weighted by Gasteiger charge is 2.20. The molecule has 3 rings (SSSR count). The number of nitrogens with one attached hydrogen (secondary N) is 1. The second kappa shape index (κ2) is 5.20. The van der Waals surface area contributed by atoms with Crippen LogP contribution in [0.2, 0.25) is 0 Å². The van der Waals surface area contributed by atoms with Crippen molar-refractivity contribution in [2.45, 2.75) is 38.9 Å². The van der Waals surface area contributed by atoms with Gasteiger partial charge in [0.05, 0.1) is 6.04 Å². The molecule has 0 amide bonds. The summed E-state index contributed by atoms with van der Waals surface area (Å²) in [5.41, 5.74) is 0.785. The molecule has 1 aliphatic rings. The van der Waals surface area contributed by atoms with Gasteiger partial charge in [-0.05, 0) is 31.0 Å². The molecule has 2 aromatic rings. The molecule has 0 saturated carbocycles. The number of halogens is 1. The van der Waals surface area contributed by atoms with E-state index in [0.717, 1.165) is 36.6 Å². The van der Waals surface area contributed by atoms with Gasteiger partial charge in [0.15, 0.2) is 11.6 Å². The van der Waals surface area contributed by atoms with Crippen LogP contribution in [0.1, 0.15) is 36.6 Å². The molecule has 20 heavy (non-hydrogen) atoms. The number of benzene rings is 1. The minimum atomic E-state index is -0.597. The molecule has 0 bridgehead atoms. The molecule has 0 aliphatic carbocycles. The van der Waals surface area contributed by atoms with Crippen molar-refractivity contribution in [1.29, 1.82) is 0 Å². The average molecular weight is 276 g/mol. The number of rotatable bonds is 4. The second-order valence-corrected chi connectivity index (χ2v) is 5.12. The maximum absolute atomic E-state index is 13.3. The maximum atomic E-state index is 13.3. The van der Waals surface area contributed by atoms with Crippen LogP contribution in [0.15, 0.2) is 18.2 Å². The van der Waals surface area contributed by atoms with Crippen molar-refractivity contribution in [2.24, 2.45) is 0 Å². The summed E-state index contributed by atoms with van der Waals surface area (Å²) in [6.07, 6.45) is 2.11. The third-order valence-electron chi connectivity index (χ3n) is 3.65. The van der Waals surface area contributed by atoms with Gasteiger partial charge in [-0.1, -0.05) is 6.07 Å². The SMILES string of the molecule is CC(NCc1ccc(O)c(F)c1)c1nnc2n1CCC2. The molecule has 106 valence electrons. The summed E-state index contributed by atoms with van der Waals surface area (Å²) in [7, 11) is 0. The number of aryl methyl sites for hydroxylation is 1. The maximum Gasteiger partial charge on any atom is 0.165 e. The Hall–Kier alpha value is -1.95. The monoisotopic (exact) mass is 276 g/mol. The molecule has 6 heteroatoms. The zero-order valence-electron chi connectivity index (χ0n) is 11.3. The summed E-state index contributed by atoms with van der Waals surface area (Å²) in [5, 5.41) is 20.9. The lowest BCUT2D eigenvalue weighted by atomic mass is 10.2. The van der Waals surface area contributed by atoms with Gasteiger partial charge in [0.2, 0.25) is 0 Å². The summed E-state index contributed by atoms with van der Waals surface area (Å²) >= 11 is 0. The van der Waals surface area contributed by atoms with Gasteiger partial charge in [-0.3, -0.25) is 0 Å². The Morgan fingerprint density at radius 2 is 2.30 bits per heavy atom. The fraction of sp³-hybridized carbons (Fsp3) is 0.429. The topological polar surface area (TPSA) is 63.0 Å². The van der Waals surface area contributed by atoms with Crippen LogP contribution in [0, 0.1) is 5.82 Å². The summed E-state index contributed by atoms with van der Waals surface area (Å²) in [4.78, 5) is 0. The lowest BCUT2D eigenvalue weighted by Crippen LogP contribution is -2.21. The number of nitrogens with zero attached hydrogens (tertiary/aromatic N) is 3. The second-order valence-electron chi connectivity index (χ2n) is 5.12. The number of aromatic nitrogens is 3. The van der Waals surface area contributed by atoms with E-state index >= 15 is 0 Å². The van der Waals surface area contributed by atoms with E-state index < -0.39 is 5.82 Å². The molecule has 0 saturated heterocycles. The fourth-order valence-electron chi connectivity index (χ4n) is 2.52. The van der Waals surface area contributed by atoms with E-state index in [2.05, 4.69) is 20.1 Å². The van der Waals surface area contributed by atoms with Gasteiger partial charge >= 0.3 is 0 Å². The lowest BCUT2D eigenvalue weighted by Gasteiger charge is -2.14. The van der Waals surface area contributed by atoms with Gasteiger partial charge in [-0.15, -0.1) is 10.2 Å². The quantitative estimate of drug-likeness (QED) is 0.895. The Bertz CT molecular complexity index is 626. The summed E-state index contributed by atoms with van der Waals surface area (Å²) in [5.74, 6) is 1.05. The van der Waals surface area contributed by atoms with E-state index in [4.69, 9.17) is 5.11 Å². The summed E-state index contributed by atoms with van der Waals surface area (Å²) in [6, 6.07) is 4.45. The van der Waals surface area contributed by atoms with E-state index in [1.807, 2.05) is 6.92 Å². The van der Waals surface area contributed by atoms with Crippen molar-refractivity contribution in [1.82, 2.24) is 20.1 Å². The standard InChI is InChI=1S/C14H17FN4O/c1-9(14-18-17-13-3-2-6-19(13)14)16-8-10-4-5-12(20)11(15)7-10/h4-5,7,9,16,20H,2-3,6,8H2,1H3. The molecule has 1 atom stereocenters. The van der Waals surface area contributed by atoms with Gasteiger partial charge in [-0.25, -0.2) is 4.39 Å². The summed E-state index contributed by atoms with van der Waals surface area (Å²) in [6.45, 7) is 3.50. The molecule has 0 fully saturated rings. The highest BCUT2D eigenvalue weighted by Crippen LogP contribution is 2.20. The Balaban J connectivity index is 1.67. The van der Waals surface area contributed by atoms with Crippen molar-refractivity contribution in [3.63, 3.8) is 0 Å².